The highest BCUT2D eigenvalue weighted by Crippen LogP contribution is 2.24. The zero-order valence-corrected chi connectivity index (χ0v) is 12.6. The number of hydrogen-bond donors (Lipinski definition) is 3. The summed E-state index contributed by atoms with van der Waals surface area (Å²) in [4.78, 5) is 2.29. The number of nitrogens with two attached hydrogens (primary N) is 1. The molecule has 4 N–H and O–H groups in total. The van der Waals surface area contributed by atoms with Gasteiger partial charge in [0.2, 0.25) is 0 Å². The highest BCUT2D eigenvalue weighted by molar-refractivity contribution is 5.87. The number of hydrogen-bond acceptors (Lipinski definition) is 4. The first-order valence-corrected chi connectivity index (χ1v) is 7.49. The van der Waals surface area contributed by atoms with Crippen LogP contribution < -0.4 is 5.73 Å². The van der Waals surface area contributed by atoms with E-state index in [-0.39, 0.29) is 11.8 Å². The van der Waals surface area contributed by atoms with Crippen molar-refractivity contribution in [3.63, 3.8) is 0 Å². The van der Waals surface area contributed by atoms with Crippen LogP contribution in [0.4, 0.5) is 0 Å². The van der Waals surface area contributed by atoms with E-state index < -0.39 is 5.60 Å². The summed E-state index contributed by atoms with van der Waals surface area (Å²) in [5, 5.41) is 22.4. The van der Waals surface area contributed by atoms with Gasteiger partial charge < -0.3 is 20.9 Å². The van der Waals surface area contributed by atoms with E-state index in [1.165, 1.54) is 0 Å². The molecule has 1 aromatic rings. The monoisotopic (exact) mass is 291 g/mol. The molecule has 0 spiro atoms. The highest BCUT2D eigenvalue weighted by Gasteiger charge is 2.27. The van der Waals surface area contributed by atoms with Gasteiger partial charge in [0.1, 0.15) is 5.84 Å². The van der Waals surface area contributed by atoms with E-state index in [1.807, 2.05) is 37.3 Å². The fraction of sp³-hybridized carbons (Fsp3) is 0.562. The number of oxime groups is 1. The van der Waals surface area contributed by atoms with Gasteiger partial charge in [-0.05, 0) is 38.3 Å². The molecule has 1 aliphatic heterocycles. The summed E-state index contributed by atoms with van der Waals surface area (Å²) in [6.45, 7) is 4.36. The highest BCUT2D eigenvalue weighted by atomic mass is 16.4. The molecular formula is C16H25N3O2. The first-order chi connectivity index (χ1) is 10.0. The summed E-state index contributed by atoms with van der Waals surface area (Å²) in [5.74, 6) is 0.108. The van der Waals surface area contributed by atoms with Gasteiger partial charge in [-0.25, -0.2) is 0 Å². The van der Waals surface area contributed by atoms with Gasteiger partial charge in [-0.3, -0.25) is 0 Å². The largest absolute Gasteiger partial charge is 0.409 e. The Morgan fingerprint density at radius 2 is 2.05 bits per heavy atom. The normalized spacial score (nSPS) is 26.3. The smallest absolute Gasteiger partial charge is 0.147 e. The second-order valence-corrected chi connectivity index (χ2v) is 6.14. The van der Waals surface area contributed by atoms with Crippen molar-refractivity contribution in [2.24, 2.45) is 10.9 Å². The molecule has 1 aliphatic rings. The molecule has 0 aromatic heterocycles. The number of benzene rings is 1. The number of likely N-dealkylation sites (tertiary alicyclic amines) is 1. The van der Waals surface area contributed by atoms with Gasteiger partial charge in [0, 0.05) is 13.1 Å². The van der Waals surface area contributed by atoms with Crippen LogP contribution in [-0.2, 0) is 0 Å². The van der Waals surface area contributed by atoms with Crippen LogP contribution >= 0.6 is 0 Å². The first kappa shape index (κ1) is 15.8. The van der Waals surface area contributed by atoms with Crippen molar-refractivity contribution in [1.29, 1.82) is 0 Å². The maximum Gasteiger partial charge on any atom is 0.147 e. The molecule has 0 saturated carbocycles. The summed E-state index contributed by atoms with van der Waals surface area (Å²) < 4.78 is 0. The summed E-state index contributed by atoms with van der Waals surface area (Å²) in [6, 6.07) is 9.86. The lowest BCUT2D eigenvalue weighted by atomic mass is 9.97. The number of aliphatic hydroxyl groups is 1. The Hall–Kier alpha value is -1.59. The molecule has 2 rings (SSSR count). The topological polar surface area (TPSA) is 82.1 Å². The molecule has 5 nitrogen and oxygen atoms in total. The number of amidine groups is 1. The zero-order valence-electron chi connectivity index (χ0n) is 12.6. The standard InChI is InChI=1S/C16H25N3O2/c1-16(20)8-5-10-19(11-9-16)12-14(15(17)18-21)13-6-3-2-4-7-13/h2-4,6-7,14,20-21H,5,8-12H2,1H3,(H2,17,18). The molecular weight excluding hydrogens is 266 g/mol. The molecule has 1 fully saturated rings. The van der Waals surface area contributed by atoms with Gasteiger partial charge in [0.25, 0.3) is 0 Å². The maximum absolute atomic E-state index is 10.2. The quantitative estimate of drug-likeness (QED) is 0.342. The average Bonchev–Trinajstić information content (AvgIpc) is 2.66. The Balaban J connectivity index is 2.09. The molecule has 21 heavy (non-hydrogen) atoms. The predicted octanol–water partition coefficient (Wildman–Crippen LogP) is 1.75. The number of rotatable bonds is 4. The summed E-state index contributed by atoms with van der Waals surface area (Å²) in [5.41, 5.74) is 6.35. The van der Waals surface area contributed by atoms with Crippen LogP contribution in [0.25, 0.3) is 0 Å². The summed E-state index contributed by atoms with van der Waals surface area (Å²) in [7, 11) is 0. The lowest BCUT2D eigenvalue weighted by Gasteiger charge is -2.26. The minimum absolute atomic E-state index is 0.126. The van der Waals surface area contributed by atoms with Crippen LogP contribution in [0.2, 0.25) is 0 Å². The van der Waals surface area contributed by atoms with Crippen LogP contribution in [0.15, 0.2) is 35.5 Å². The van der Waals surface area contributed by atoms with Gasteiger partial charge in [0.15, 0.2) is 0 Å². The molecule has 0 bridgehead atoms. The second kappa shape index (κ2) is 6.91. The molecule has 5 heteroatoms. The van der Waals surface area contributed by atoms with E-state index in [2.05, 4.69) is 10.1 Å². The fourth-order valence-corrected chi connectivity index (χ4v) is 2.88. The van der Waals surface area contributed by atoms with Gasteiger partial charge in [0.05, 0.1) is 11.5 Å². The second-order valence-electron chi connectivity index (χ2n) is 6.14. The van der Waals surface area contributed by atoms with E-state index in [0.29, 0.717) is 6.54 Å². The molecule has 116 valence electrons. The van der Waals surface area contributed by atoms with Gasteiger partial charge in [-0.1, -0.05) is 35.5 Å². The molecule has 1 saturated heterocycles. The molecule has 1 aromatic carbocycles. The van der Waals surface area contributed by atoms with Crippen LogP contribution in [0.1, 0.15) is 37.7 Å². The van der Waals surface area contributed by atoms with Gasteiger partial charge in [-0.2, -0.15) is 0 Å². The third-order valence-electron chi connectivity index (χ3n) is 4.27. The Bertz CT molecular complexity index is 474. The zero-order chi connectivity index (χ0) is 15.3. The molecule has 2 atom stereocenters. The minimum Gasteiger partial charge on any atom is -0.409 e. The molecule has 1 heterocycles. The summed E-state index contributed by atoms with van der Waals surface area (Å²) in [6.07, 6.45) is 2.54. The van der Waals surface area contributed by atoms with Crippen LogP contribution in [0.3, 0.4) is 0 Å². The van der Waals surface area contributed by atoms with Crippen molar-refractivity contribution >= 4 is 5.84 Å². The molecule has 0 radical (unpaired) electrons. The van der Waals surface area contributed by atoms with Crippen molar-refractivity contribution in [2.75, 3.05) is 19.6 Å². The fourth-order valence-electron chi connectivity index (χ4n) is 2.88. The Morgan fingerprint density at radius 1 is 1.33 bits per heavy atom. The lowest BCUT2D eigenvalue weighted by molar-refractivity contribution is 0.0446. The van der Waals surface area contributed by atoms with Crippen LogP contribution in [0, 0.1) is 0 Å². The predicted molar refractivity (Wildman–Crippen MR) is 83.5 cm³/mol. The van der Waals surface area contributed by atoms with Crippen LogP contribution in [-0.4, -0.2) is 46.3 Å². The van der Waals surface area contributed by atoms with Crippen molar-refractivity contribution < 1.29 is 10.3 Å². The van der Waals surface area contributed by atoms with E-state index in [4.69, 9.17) is 10.9 Å². The third-order valence-corrected chi connectivity index (χ3v) is 4.27. The maximum atomic E-state index is 10.2. The van der Waals surface area contributed by atoms with Crippen molar-refractivity contribution in [2.45, 2.75) is 37.7 Å². The Kier molecular flexibility index (Phi) is 5.20. The van der Waals surface area contributed by atoms with E-state index >= 15 is 0 Å². The number of nitrogens with zero attached hydrogens (tertiary/aromatic N) is 2. The third kappa shape index (κ3) is 4.44. The van der Waals surface area contributed by atoms with Crippen molar-refractivity contribution in [1.82, 2.24) is 4.90 Å². The SMILES string of the molecule is CC1(O)CCCN(CC(/C(N)=N/O)c2ccccc2)CC1. The average molecular weight is 291 g/mol. The first-order valence-electron chi connectivity index (χ1n) is 7.49. The molecule has 2 unspecified atom stereocenters. The summed E-state index contributed by atoms with van der Waals surface area (Å²) >= 11 is 0. The molecule has 0 aliphatic carbocycles. The van der Waals surface area contributed by atoms with E-state index in [1.54, 1.807) is 0 Å². The van der Waals surface area contributed by atoms with E-state index in [0.717, 1.165) is 37.9 Å². The Labute approximate surface area is 126 Å². The Morgan fingerprint density at radius 3 is 2.71 bits per heavy atom. The molecule has 0 amide bonds. The van der Waals surface area contributed by atoms with E-state index in [9.17, 15) is 5.11 Å². The van der Waals surface area contributed by atoms with Crippen molar-refractivity contribution in [3.05, 3.63) is 35.9 Å². The van der Waals surface area contributed by atoms with Crippen LogP contribution in [0.5, 0.6) is 0 Å². The minimum atomic E-state index is -0.576. The van der Waals surface area contributed by atoms with Crippen molar-refractivity contribution in [3.8, 4) is 0 Å². The van der Waals surface area contributed by atoms with Gasteiger partial charge >= 0.3 is 0 Å². The lowest BCUT2D eigenvalue weighted by Crippen LogP contribution is -2.36. The van der Waals surface area contributed by atoms with Gasteiger partial charge in [-0.15, -0.1) is 0 Å².